The van der Waals surface area contributed by atoms with E-state index < -0.39 is 0 Å². The van der Waals surface area contributed by atoms with Crippen LogP contribution in [0.3, 0.4) is 0 Å². The number of thioether (sulfide) groups is 1. The van der Waals surface area contributed by atoms with Crippen molar-refractivity contribution in [1.82, 2.24) is 4.90 Å². The first-order chi connectivity index (χ1) is 18.5. The van der Waals surface area contributed by atoms with Crippen molar-refractivity contribution in [1.29, 1.82) is 0 Å². The number of benzene rings is 3. The van der Waals surface area contributed by atoms with E-state index in [0.29, 0.717) is 40.3 Å². The Hall–Kier alpha value is -3.62. The molecule has 8 heteroatoms. The molecule has 0 saturated carbocycles. The summed E-state index contributed by atoms with van der Waals surface area (Å²) in [5.41, 5.74) is 2.70. The highest BCUT2D eigenvalue weighted by Gasteiger charge is 2.31. The van der Waals surface area contributed by atoms with Crippen molar-refractivity contribution in [3.05, 3.63) is 94.9 Å². The molecule has 1 heterocycles. The van der Waals surface area contributed by atoms with Crippen LogP contribution < -0.4 is 14.8 Å². The van der Waals surface area contributed by atoms with Crippen molar-refractivity contribution >= 4 is 51.9 Å². The summed E-state index contributed by atoms with van der Waals surface area (Å²) in [4.78, 5) is 27.3. The topological polar surface area (TPSA) is 67.9 Å². The number of thiocarbonyl (C=S) groups is 1. The lowest BCUT2D eigenvalue weighted by molar-refractivity contribution is -0.122. The second kappa shape index (κ2) is 13.8. The molecular formula is C30H30N2O4S2. The maximum absolute atomic E-state index is 13.0. The number of hydrogen-bond acceptors (Lipinski definition) is 6. The van der Waals surface area contributed by atoms with Gasteiger partial charge in [0.05, 0.1) is 12.0 Å². The molecule has 0 unspecified atom stereocenters. The quantitative estimate of drug-likeness (QED) is 0.155. The summed E-state index contributed by atoms with van der Waals surface area (Å²) in [5, 5.41) is 2.89. The first-order valence-corrected chi connectivity index (χ1v) is 13.7. The number of nitrogens with zero attached hydrogens (tertiary/aromatic N) is 1. The fourth-order valence-electron chi connectivity index (χ4n) is 3.95. The molecule has 1 saturated heterocycles. The van der Waals surface area contributed by atoms with Gasteiger partial charge in [-0.2, -0.15) is 0 Å². The zero-order valence-electron chi connectivity index (χ0n) is 21.2. The fourth-order valence-corrected chi connectivity index (χ4v) is 5.26. The Labute approximate surface area is 233 Å². The largest absolute Gasteiger partial charge is 0.493 e. The Morgan fingerprint density at radius 2 is 1.71 bits per heavy atom. The zero-order chi connectivity index (χ0) is 26.7. The average Bonchev–Trinajstić information content (AvgIpc) is 3.20. The number of para-hydroxylation sites is 1. The first kappa shape index (κ1) is 27.4. The number of nitrogens with one attached hydrogen (secondary N) is 1. The molecule has 0 radical (unpaired) electrons. The number of ether oxygens (including phenoxy) is 2. The van der Waals surface area contributed by atoms with Gasteiger partial charge in [0.1, 0.15) is 10.9 Å². The van der Waals surface area contributed by atoms with E-state index in [1.165, 1.54) is 11.8 Å². The van der Waals surface area contributed by atoms with E-state index in [0.717, 1.165) is 36.1 Å². The molecule has 0 atom stereocenters. The molecule has 0 aliphatic carbocycles. The van der Waals surface area contributed by atoms with Gasteiger partial charge in [0, 0.05) is 18.7 Å². The highest BCUT2D eigenvalue weighted by atomic mass is 32.2. The van der Waals surface area contributed by atoms with Gasteiger partial charge in [-0.25, -0.2) is 0 Å². The second-order valence-electron chi connectivity index (χ2n) is 8.74. The molecule has 6 nitrogen and oxygen atoms in total. The van der Waals surface area contributed by atoms with Gasteiger partial charge in [-0.3, -0.25) is 14.5 Å². The van der Waals surface area contributed by atoms with E-state index in [1.54, 1.807) is 12.0 Å². The molecule has 1 N–H and O–H groups in total. The van der Waals surface area contributed by atoms with Crippen LogP contribution in [-0.2, 0) is 16.2 Å². The number of carbonyl (C=O) groups is 2. The predicted octanol–water partition coefficient (Wildman–Crippen LogP) is 6.67. The van der Waals surface area contributed by atoms with Gasteiger partial charge in [-0.1, -0.05) is 85.0 Å². The van der Waals surface area contributed by atoms with Crippen LogP contribution in [0.25, 0.3) is 6.08 Å². The predicted molar refractivity (Wildman–Crippen MR) is 157 cm³/mol. The van der Waals surface area contributed by atoms with Crippen molar-refractivity contribution in [3.63, 3.8) is 0 Å². The Morgan fingerprint density at radius 1 is 0.974 bits per heavy atom. The van der Waals surface area contributed by atoms with E-state index in [-0.39, 0.29) is 11.8 Å². The van der Waals surface area contributed by atoms with Crippen LogP contribution in [0.15, 0.2) is 83.8 Å². The summed E-state index contributed by atoms with van der Waals surface area (Å²) in [6, 6.07) is 24.9. The van der Waals surface area contributed by atoms with Crippen LogP contribution in [-0.4, -0.2) is 34.7 Å². The second-order valence-corrected chi connectivity index (χ2v) is 10.4. The normalized spacial score (nSPS) is 14.1. The Bertz CT molecular complexity index is 1300. The van der Waals surface area contributed by atoms with Crippen molar-refractivity contribution in [2.24, 2.45) is 0 Å². The highest BCUT2D eigenvalue weighted by molar-refractivity contribution is 8.26. The van der Waals surface area contributed by atoms with Crippen molar-refractivity contribution < 1.29 is 19.1 Å². The molecule has 3 aromatic carbocycles. The van der Waals surface area contributed by atoms with Gasteiger partial charge in [-0.05, 0) is 54.3 Å². The van der Waals surface area contributed by atoms with Crippen molar-refractivity contribution in [2.45, 2.75) is 32.3 Å². The van der Waals surface area contributed by atoms with Gasteiger partial charge in [0.15, 0.2) is 11.5 Å². The molecule has 0 bridgehead atoms. The fraction of sp³-hybridized carbons (Fsp3) is 0.233. The number of rotatable bonds is 12. The summed E-state index contributed by atoms with van der Waals surface area (Å²) in [7, 11) is 1.60. The van der Waals surface area contributed by atoms with Gasteiger partial charge >= 0.3 is 0 Å². The van der Waals surface area contributed by atoms with E-state index >= 15 is 0 Å². The third-order valence-electron chi connectivity index (χ3n) is 5.94. The summed E-state index contributed by atoms with van der Waals surface area (Å²) in [6.45, 7) is 0.977. The molecule has 4 rings (SSSR count). The van der Waals surface area contributed by atoms with Crippen LogP contribution in [0.5, 0.6) is 11.5 Å². The summed E-state index contributed by atoms with van der Waals surface area (Å²) in [5.74, 6) is 1.14. The van der Waals surface area contributed by atoms with Crippen LogP contribution >= 0.6 is 24.0 Å². The Kier molecular flexibility index (Phi) is 9.95. The van der Waals surface area contributed by atoms with E-state index in [1.807, 2.05) is 84.9 Å². The molecule has 1 fully saturated rings. The monoisotopic (exact) mass is 546 g/mol. The van der Waals surface area contributed by atoms with Crippen LogP contribution in [0, 0.1) is 0 Å². The van der Waals surface area contributed by atoms with Gasteiger partial charge in [-0.15, -0.1) is 0 Å². The lowest BCUT2D eigenvalue weighted by Gasteiger charge is -2.14. The number of anilines is 1. The minimum Gasteiger partial charge on any atom is -0.493 e. The first-order valence-electron chi connectivity index (χ1n) is 12.5. The number of methoxy groups -OCH3 is 1. The smallest absolute Gasteiger partial charge is 0.266 e. The van der Waals surface area contributed by atoms with Gasteiger partial charge < -0.3 is 14.8 Å². The SMILES string of the molecule is COc1cc(/C=C2\SC(=S)N(CCCCCC(=O)Nc3ccccc3)C2=O)ccc1OCc1ccccc1. The maximum Gasteiger partial charge on any atom is 0.266 e. The standard InChI is InChI=1S/C30H30N2O4S2/c1-35-26-19-23(16-17-25(26)36-21-22-11-5-2-6-12-22)20-27-29(34)32(30(37)38-27)18-10-4-9-15-28(33)31-24-13-7-3-8-14-24/h2-3,5-8,11-14,16-17,19-20H,4,9-10,15,18,21H2,1H3,(H,31,33)/b27-20-. The Balaban J connectivity index is 1.26. The number of carbonyl (C=O) groups excluding carboxylic acids is 2. The third-order valence-corrected chi connectivity index (χ3v) is 7.32. The van der Waals surface area contributed by atoms with E-state index in [2.05, 4.69) is 5.32 Å². The molecule has 0 aromatic heterocycles. The minimum atomic E-state index is -0.0924. The number of amides is 2. The van der Waals surface area contributed by atoms with Crippen molar-refractivity contribution in [3.8, 4) is 11.5 Å². The molecule has 38 heavy (non-hydrogen) atoms. The van der Waals surface area contributed by atoms with E-state index in [9.17, 15) is 9.59 Å². The molecule has 1 aliphatic rings. The molecule has 1 aliphatic heterocycles. The molecule has 0 spiro atoms. The summed E-state index contributed by atoms with van der Waals surface area (Å²) < 4.78 is 12.0. The molecule has 3 aromatic rings. The Morgan fingerprint density at radius 3 is 2.45 bits per heavy atom. The van der Waals surface area contributed by atoms with Crippen molar-refractivity contribution in [2.75, 3.05) is 19.0 Å². The maximum atomic E-state index is 13.0. The molecular weight excluding hydrogens is 516 g/mol. The van der Waals surface area contributed by atoms with Crippen LogP contribution in [0.4, 0.5) is 5.69 Å². The number of hydrogen-bond donors (Lipinski definition) is 1. The van der Waals surface area contributed by atoms with Gasteiger partial charge in [0.25, 0.3) is 5.91 Å². The average molecular weight is 547 g/mol. The zero-order valence-corrected chi connectivity index (χ0v) is 22.9. The summed E-state index contributed by atoms with van der Waals surface area (Å²) in [6.07, 6.45) is 4.64. The summed E-state index contributed by atoms with van der Waals surface area (Å²) >= 11 is 6.78. The minimum absolute atomic E-state index is 0.00310. The third kappa shape index (κ3) is 7.69. The lowest BCUT2D eigenvalue weighted by atomic mass is 10.1. The lowest BCUT2D eigenvalue weighted by Crippen LogP contribution is -2.29. The van der Waals surface area contributed by atoms with E-state index in [4.69, 9.17) is 21.7 Å². The number of unbranched alkanes of at least 4 members (excludes halogenated alkanes) is 2. The molecule has 196 valence electrons. The van der Waals surface area contributed by atoms with Crippen LogP contribution in [0.1, 0.15) is 36.8 Å². The highest BCUT2D eigenvalue weighted by Crippen LogP contribution is 2.35. The van der Waals surface area contributed by atoms with Gasteiger partial charge in [0.2, 0.25) is 5.91 Å². The molecule has 2 amide bonds. The van der Waals surface area contributed by atoms with Crippen LogP contribution in [0.2, 0.25) is 0 Å².